The standard InChI is InChI=1S/C17H15FN2/c1-11-8-12(10-13(18)9-11)17(19)15-6-7-20-16-5-3-2-4-14(15)16/h2-10,17H,19H2,1H3. The fourth-order valence-electron chi connectivity index (χ4n) is 2.51. The first-order chi connectivity index (χ1) is 9.65. The van der Waals surface area contributed by atoms with Crippen molar-refractivity contribution in [2.45, 2.75) is 13.0 Å². The summed E-state index contributed by atoms with van der Waals surface area (Å²) in [5, 5.41) is 1.00. The molecule has 2 N–H and O–H groups in total. The molecule has 3 aromatic rings. The maximum absolute atomic E-state index is 13.6. The molecule has 0 saturated heterocycles. The molecule has 20 heavy (non-hydrogen) atoms. The van der Waals surface area contributed by atoms with Crippen molar-refractivity contribution >= 4 is 10.9 Å². The Hall–Kier alpha value is -2.26. The van der Waals surface area contributed by atoms with E-state index in [9.17, 15) is 4.39 Å². The van der Waals surface area contributed by atoms with Gasteiger partial charge in [0.05, 0.1) is 11.6 Å². The van der Waals surface area contributed by atoms with Gasteiger partial charge < -0.3 is 5.73 Å². The van der Waals surface area contributed by atoms with Crippen molar-refractivity contribution in [1.82, 2.24) is 4.98 Å². The molecule has 1 unspecified atom stereocenters. The molecular weight excluding hydrogens is 251 g/mol. The number of fused-ring (bicyclic) bond motifs is 1. The van der Waals surface area contributed by atoms with Gasteiger partial charge in [0.15, 0.2) is 0 Å². The Morgan fingerprint density at radius 3 is 2.70 bits per heavy atom. The minimum Gasteiger partial charge on any atom is -0.320 e. The van der Waals surface area contributed by atoms with Gasteiger partial charge in [0.1, 0.15) is 5.82 Å². The van der Waals surface area contributed by atoms with Gasteiger partial charge in [0.2, 0.25) is 0 Å². The highest BCUT2D eigenvalue weighted by atomic mass is 19.1. The van der Waals surface area contributed by atoms with Crippen LogP contribution < -0.4 is 5.73 Å². The van der Waals surface area contributed by atoms with E-state index in [-0.39, 0.29) is 11.9 Å². The van der Waals surface area contributed by atoms with Crippen molar-refractivity contribution in [3.05, 3.63) is 77.2 Å². The molecule has 2 aromatic carbocycles. The lowest BCUT2D eigenvalue weighted by Crippen LogP contribution is -2.13. The Bertz CT molecular complexity index is 742. The molecule has 0 bridgehead atoms. The number of aryl methyl sites for hydroxylation is 1. The third-order valence-electron chi connectivity index (χ3n) is 3.44. The first-order valence-corrected chi connectivity index (χ1v) is 6.51. The van der Waals surface area contributed by atoms with Crippen molar-refractivity contribution in [3.8, 4) is 0 Å². The van der Waals surface area contributed by atoms with Gasteiger partial charge in [0, 0.05) is 11.6 Å². The summed E-state index contributed by atoms with van der Waals surface area (Å²) in [7, 11) is 0. The molecular formula is C17H15FN2. The summed E-state index contributed by atoms with van der Waals surface area (Å²) in [5.41, 5.74) is 9.83. The van der Waals surface area contributed by atoms with Gasteiger partial charge >= 0.3 is 0 Å². The fraction of sp³-hybridized carbons (Fsp3) is 0.118. The van der Waals surface area contributed by atoms with Crippen LogP contribution >= 0.6 is 0 Å². The molecule has 3 heteroatoms. The van der Waals surface area contributed by atoms with Gasteiger partial charge in [-0.1, -0.05) is 24.3 Å². The van der Waals surface area contributed by atoms with Crippen LogP contribution in [-0.2, 0) is 0 Å². The molecule has 0 aliphatic heterocycles. The maximum Gasteiger partial charge on any atom is 0.123 e. The van der Waals surface area contributed by atoms with Crippen LogP contribution in [0.2, 0.25) is 0 Å². The summed E-state index contributed by atoms with van der Waals surface area (Å²) in [4.78, 5) is 4.32. The van der Waals surface area contributed by atoms with Crippen LogP contribution in [0, 0.1) is 12.7 Å². The van der Waals surface area contributed by atoms with Gasteiger partial charge in [-0.25, -0.2) is 4.39 Å². The normalized spacial score (nSPS) is 12.6. The Morgan fingerprint density at radius 1 is 1.10 bits per heavy atom. The first-order valence-electron chi connectivity index (χ1n) is 6.51. The van der Waals surface area contributed by atoms with Crippen LogP contribution in [0.4, 0.5) is 4.39 Å². The summed E-state index contributed by atoms with van der Waals surface area (Å²) in [5.74, 6) is -0.256. The van der Waals surface area contributed by atoms with Crippen molar-refractivity contribution in [2.75, 3.05) is 0 Å². The van der Waals surface area contributed by atoms with Gasteiger partial charge in [-0.2, -0.15) is 0 Å². The van der Waals surface area contributed by atoms with Crippen LogP contribution in [0.3, 0.4) is 0 Å². The highest BCUT2D eigenvalue weighted by Crippen LogP contribution is 2.27. The predicted molar refractivity (Wildman–Crippen MR) is 78.9 cm³/mol. The third kappa shape index (κ3) is 2.28. The number of aromatic nitrogens is 1. The lowest BCUT2D eigenvalue weighted by molar-refractivity contribution is 0.622. The number of hydrogen-bond donors (Lipinski definition) is 1. The van der Waals surface area contributed by atoms with E-state index in [1.165, 1.54) is 12.1 Å². The quantitative estimate of drug-likeness (QED) is 0.767. The van der Waals surface area contributed by atoms with E-state index >= 15 is 0 Å². The largest absolute Gasteiger partial charge is 0.320 e. The van der Waals surface area contributed by atoms with E-state index in [1.807, 2.05) is 43.3 Å². The molecule has 3 rings (SSSR count). The molecule has 1 atom stereocenters. The zero-order valence-electron chi connectivity index (χ0n) is 11.2. The fourth-order valence-corrected chi connectivity index (χ4v) is 2.51. The van der Waals surface area contributed by atoms with Crippen LogP contribution in [0.5, 0.6) is 0 Å². The highest BCUT2D eigenvalue weighted by Gasteiger charge is 2.13. The topological polar surface area (TPSA) is 38.9 Å². The van der Waals surface area contributed by atoms with Gasteiger partial charge in [0.25, 0.3) is 0 Å². The second-order valence-corrected chi connectivity index (χ2v) is 4.96. The molecule has 0 spiro atoms. The maximum atomic E-state index is 13.6. The first kappa shape index (κ1) is 12.8. The minimum absolute atomic E-state index is 0.256. The van der Waals surface area contributed by atoms with E-state index in [4.69, 9.17) is 5.73 Å². The van der Waals surface area contributed by atoms with Crippen LogP contribution in [0.1, 0.15) is 22.7 Å². The molecule has 100 valence electrons. The second kappa shape index (κ2) is 5.02. The molecule has 1 heterocycles. The molecule has 0 fully saturated rings. The summed E-state index contributed by atoms with van der Waals surface area (Å²) in [6.07, 6.45) is 1.74. The number of nitrogens with two attached hydrogens (primary N) is 1. The van der Waals surface area contributed by atoms with E-state index in [0.29, 0.717) is 0 Å². The summed E-state index contributed by atoms with van der Waals surface area (Å²) >= 11 is 0. The van der Waals surface area contributed by atoms with Crippen LogP contribution in [0.15, 0.2) is 54.7 Å². The van der Waals surface area contributed by atoms with Gasteiger partial charge in [-0.05, 0) is 47.9 Å². The second-order valence-electron chi connectivity index (χ2n) is 4.96. The number of pyridine rings is 1. The Labute approximate surface area is 117 Å². The van der Waals surface area contributed by atoms with E-state index < -0.39 is 0 Å². The van der Waals surface area contributed by atoms with Crippen molar-refractivity contribution < 1.29 is 4.39 Å². The number of nitrogens with zero attached hydrogens (tertiary/aromatic N) is 1. The SMILES string of the molecule is Cc1cc(F)cc(C(N)c2ccnc3ccccc23)c1. The number of hydrogen-bond acceptors (Lipinski definition) is 2. The number of halogens is 1. The molecule has 0 amide bonds. The monoisotopic (exact) mass is 266 g/mol. The number of para-hydroxylation sites is 1. The van der Waals surface area contributed by atoms with E-state index in [1.54, 1.807) is 6.20 Å². The summed E-state index contributed by atoms with van der Waals surface area (Å²) < 4.78 is 13.6. The van der Waals surface area contributed by atoms with Crippen LogP contribution in [-0.4, -0.2) is 4.98 Å². The molecule has 0 saturated carbocycles. The zero-order chi connectivity index (χ0) is 14.1. The van der Waals surface area contributed by atoms with Gasteiger partial charge in [-0.15, -0.1) is 0 Å². The smallest absolute Gasteiger partial charge is 0.123 e. The molecule has 0 aliphatic rings. The van der Waals surface area contributed by atoms with Crippen molar-refractivity contribution in [1.29, 1.82) is 0 Å². The molecule has 1 aromatic heterocycles. The average molecular weight is 266 g/mol. The lowest BCUT2D eigenvalue weighted by Gasteiger charge is -2.15. The Morgan fingerprint density at radius 2 is 1.90 bits per heavy atom. The minimum atomic E-state index is -0.364. The molecule has 0 aliphatic carbocycles. The van der Waals surface area contributed by atoms with Crippen LogP contribution in [0.25, 0.3) is 10.9 Å². The Balaban J connectivity index is 2.15. The molecule has 0 radical (unpaired) electrons. The number of rotatable bonds is 2. The van der Waals surface area contributed by atoms with E-state index in [0.717, 1.165) is 27.6 Å². The lowest BCUT2D eigenvalue weighted by atomic mass is 9.95. The number of benzene rings is 2. The summed E-state index contributed by atoms with van der Waals surface area (Å²) in [6, 6.07) is 14.3. The van der Waals surface area contributed by atoms with Crippen molar-refractivity contribution in [2.24, 2.45) is 5.73 Å². The average Bonchev–Trinajstić information content (AvgIpc) is 2.45. The summed E-state index contributed by atoms with van der Waals surface area (Å²) in [6.45, 7) is 1.87. The molecule has 2 nitrogen and oxygen atoms in total. The Kier molecular flexibility index (Phi) is 3.20. The van der Waals surface area contributed by atoms with E-state index in [2.05, 4.69) is 4.98 Å². The third-order valence-corrected chi connectivity index (χ3v) is 3.44. The van der Waals surface area contributed by atoms with Crippen molar-refractivity contribution in [3.63, 3.8) is 0 Å². The highest BCUT2D eigenvalue weighted by molar-refractivity contribution is 5.82. The van der Waals surface area contributed by atoms with Gasteiger partial charge in [-0.3, -0.25) is 4.98 Å². The zero-order valence-corrected chi connectivity index (χ0v) is 11.2. The predicted octanol–water partition coefficient (Wildman–Crippen LogP) is 3.73.